The molecule has 3 rings (SSSR count). The van der Waals surface area contributed by atoms with Crippen LogP contribution in [0.15, 0.2) is 41.6 Å². The fraction of sp³-hybridized carbons (Fsp3) is 0.409. The summed E-state index contributed by atoms with van der Waals surface area (Å²) in [4.78, 5) is 0. The molecular formula is C22H28ClN5O2S. The Labute approximate surface area is 192 Å². The van der Waals surface area contributed by atoms with Gasteiger partial charge >= 0.3 is 0 Å². The van der Waals surface area contributed by atoms with E-state index in [-0.39, 0.29) is 0 Å². The van der Waals surface area contributed by atoms with E-state index in [2.05, 4.69) is 39.9 Å². The van der Waals surface area contributed by atoms with Gasteiger partial charge in [0.1, 0.15) is 6.61 Å². The fourth-order valence-electron chi connectivity index (χ4n) is 3.02. The van der Waals surface area contributed by atoms with E-state index in [0.29, 0.717) is 36.3 Å². The number of benzene rings is 2. The summed E-state index contributed by atoms with van der Waals surface area (Å²) in [7, 11) is 1.84. The lowest BCUT2D eigenvalue weighted by atomic mass is 10.1. The third-order valence-corrected chi connectivity index (χ3v) is 5.85. The Morgan fingerprint density at radius 3 is 2.77 bits per heavy atom. The predicted octanol–water partition coefficient (Wildman–Crippen LogP) is 4.42. The van der Waals surface area contributed by atoms with Gasteiger partial charge in [-0.2, -0.15) is 0 Å². The van der Waals surface area contributed by atoms with Gasteiger partial charge in [0, 0.05) is 19.3 Å². The molecule has 0 spiro atoms. The number of tetrazole rings is 1. The molecule has 0 saturated carbocycles. The molecule has 2 aromatic carbocycles. The molecule has 166 valence electrons. The van der Waals surface area contributed by atoms with E-state index >= 15 is 0 Å². The van der Waals surface area contributed by atoms with Crippen LogP contribution in [0.5, 0.6) is 11.5 Å². The zero-order valence-electron chi connectivity index (χ0n) is 18.1. The summed E-state index contributed by atoms with van der Waals surface area (Å²) in [5.74, 6) is 2.20. The number of aryl methyl sites for hydroxylation is 2. The molecule has 7 nitrogen and oxygen atoms in total. The first kappa shape index (κ1) is 23.4. The molecule has 1 heterocycles. The average Bonchev–Trinajstić information content (AvgIpc) is 3.15. The van der Waals surface area contributed by atoms with Crippen LogP contribution >= 0.6 is 23.4 Å². The standard InChI is InChI=1S/C22H28ClN5O2S/c1-4-29-20-13-18(14-24-9-6-10-31-22-25-26-27-28(22)3)12-19(23)21(20)30-15-17-8-5-7-16(2)11-17/h5,7-8,11-13,24H,4,6,9-10,14-15H2,1-3H3. The summed E-state index contributed by atoms with van der Waals surface area (Å²) in [6.07, 6.45) is 1.00. The minimum atomic E-state index is 0.442. The van der Waals surface area contributed by atoms with E-state index in [1.807, 2.05) is 38.2 Å². The molecule has 0 fully saturated rings. The van der Waals surface area contributed by atoms with Crippen molar-refractivity contribution in [3.8, 4) is 11.5 Å². The number of nitrogens with zero attached hydrogens (tertiary/aromatic N) is 4. The van der Waals surface area contributed by atoms with Gasteiger partial charge in [0.05, 0.1) is 11.6 Å². The first-order chi connectivity index (χ1) is 15.1. The molecule has 3 aromatic rings. The van der Waals surface area contributed by atoms with Gasteiger partial charge in [0.2, 0.25) is 5.16 Å². The number of thioether (sulfide) groups is 1. The van der Waals surface area contributed by atoms with E-state index < -0.39 is 0 Å². The zero-order chi connectivity index (χ0) is 22.1. The minimum Gasteiger partial charge on any atom is -0.490 e. The topological polar surface area (TPSA) is 74.1 Å². The Kier molecular flexibility index (Phi) is 8.99. The third kappa shape index (κ3) is 7.12. The highest BCUT2D eigenvalue weighted by Crippen LogP contribution is 2.37. The second-order valence-corrected chi connectivity index (χ2v) is 8.55. The van der Waals surface area contributed by atoms with Crippen molar-refractivity contribution < 1.29 is 9.47 Å². The number of nitrogens with one attached hydrogen (secondary N) is 1. The van der Waals surface area contributed by atoms with Crippen LogP contribution in [-0.4, -0.2) is 39.1 Å². The largest absolute Gasteiger partial charge is 0.490 e. The highest BCUT2D eigenvalue weighted by molar-refractivity contribution is 7.99. The molecule has 9 heteroatoms. The molecule has 0 aliphatic carbocycles. The predicted molar refractivity (Wildman–Crippen MR) is 124 cm³/mol. The smallest absolute Gasteiger partial charge is 0.209 e. The van der Waals surface area contributed by atoms with Gasteiger partial charge in [-0.25, -0.2) is 4.68 Å². The quantitative estimate of drug-likeness (QED) is 0.316. The van der Waals surface area contributed by atoms with Crippen molar-refractivity contribution in [1.82, 2.24) is 25.5 Å². The molecule has 0 unspecified atom stereocenters. The molecule has 31 heavy (non-hydrogen) atoms. The molecule has 0 amide bonds. The first-order valence-corrected chi connectivity index (χ1v) is 11.6. The van der Waals surface area contributed by atoms with Gasteiger partial charge < -0.3 is 14.8 Å². The minimum absolute atomic E-state index is 0.442. The maximum atomic E-state index is 6.54. The average molecular weight is 462 g/mol. The number of hydrogen-bond donors (Lipinski definition) is 1. The van der Waals surface area contributed by atoms with E-state index in [4.69, 9.17) is 21.1 Å². The van der Waals surface area contributed by atoms with Crippen LogP contribution in [-0.2, 0) is 20.2 Å². The Bertz CT molecular complexity index is 982. The number of halogens is 1. The van der Waals surface area contributed by atoms with Crippen LogP contribution in [0, 0.1) is 6.92 Å². The molecule has 1 aromatic heterocycles. The summed E-state index contributed by atoms with van der Waals surface area (Å²) < 4.78 is 13.5. The maximum Gasteiger partial charge on any atom is 0.209 e. The first-order valence-electron chi connectivity index (χ1n) is 10.3. The van der Waals surface area contributed by atoms with Crippen molar-refractivity contribution in [2.45, 2.75) is 38.6 Å². The Morgan fingerprint density at radius 2 is 2.03 bits per heavy atom. The van der Waals surface area contributed by atoms with Crippen molar-refractivity contribution >= 4 is 23.4 Å². The fourth-order valence-corrected chi connectivity index (χ4v) is 4.10. The highest BCUT2D eigenvalue weighted by Gasteiger charge is 2.13. The summed E-state index contributed by atoms with van der Waals surface area (Å²) in [6.45, 7) is 6.59. The van der Waals surface area contributed by atoms with Crippen molar-refractivity contribution in [2.75, 3.05) is 18.9 Å². The molecule has 1 N–H and O–H groups in total. The van der Waals surface area contributed by atoms with E-state index in [1.54, 1.807) is 16.4 Å². The molecule has 0 aliphatic heterocycles. The van der Waals surface area contributed by atoms with Gasteiger partial charge in [-0.3, -0.25) is 0 Å². The Hall–Kier alpha value is -2.29. The van der Waals surface area contributed by atoms with Crippen LogP contribution in [0.4, 0.5) is 0 Å². The number of ether oxygens (including phenoxy) is 2. The van der Waals surface area contributed by atoms with Crippen LogP contribution in [0.25, 0.3) is 0 Å². The molecule has 0 saturated heterocycles. The van der Waals surface area contributed by atoms with E-state index in [0.717, 1.165) is 35.0 Å². The monoisotopic (exact) mass is 461 g/mol. The van der Waals surface area contributed by atoms with E-state index in [9.17, 15) is 0 Å². The van der Waals surface area contributed by atoms with Gasteiger partial charge in [-0.15, -0.1) is 5.10 Å². The lowest BCUT2D eigenvalue weighted by molar-refractivity contribution is 0.269. The van der Waals surface area contributed by atoms with Crippen molar-refractivity contribution in [2.24, 2.45) is 7.05 Å². The number of aromatic nitrogens is 4. The lowest BCUT2D eigenvalue weighted by Gasteiger charge is -2.16. The van der Waals surface area contributed by atoms with Crippen molar-refractivity contribution in [3.05, 3.63) is 58.1 Å². The molecule has 0 aliphatic rings. The summed E-state index contributed by atoms with van der Waals surface area (Å²) in [5, 5.41) is 16.3. The second-order valence-electron chi connectivity index (χ2n) is 7.08. The summed E-state index contributed by atoms with van der Waals surface area (Å²) >= 11 is 8.19. The van der Waals surface area contributed by atoms with Crippen molar-refractivity contribution in [3.63, 3.8) is 0 Å². The van der Waals surface area contributed by atoms with E-state index in [1.165, 1.54) is 5.56 Å². The van der Waals surface area contributed by atoms with Crippen molar-refractivity contribution in [1.29, 1.82) is 0 Å². The summed E-state index contributed by atoms with van der Waals surface area (Å²) in [6, 6.07) is 12.2. The zero-order valence-corrected chi connectivity index (χ0v) is 19.7. The van der Waals surface area contributed by atoms with Crippen LogP contribution in [0.3, 0.4) is 0 Å². The van der Waals surface area contributed by atoms with Gasteiger partial charge in [-0.05, 0) is 60.5 Å². The van der Waals surface area contributed by atoms with Gasteiger partial charge in [0.15, 0.2) is 11.5 Å². The second kappa shape index (κ2) is 11.9. The number of hydrogen-bond acceptors (Lipinski definition) is 7. The van der Waals surface area contributed by atoms with Crippen LogP contribution < -0.4 is 14.8 Å². The molecular weight excluding hydrogens is 434 g/mol. The van der Waals surface area contributed by atoms with Crippen LogP contribution in [0.1, 0.15) is 30.0 Å². The summed E-state index contributed by atoms with van der Waals surface area (Å²) in [5.41, 5.74) is 3.35. The highest BCUT2D eigenvalue weighted by atomic mass is 35.5. The molecule has 0 bridgehead atoms. The molecule has 0 radical (unpaired) electrons. The van der Waals surface area contributed by atoms with Crippen LogP contribution in [0.2, 0.25) is 5.02 Å². The molecule has 0 atom stereocenters. The normalized spacial score (nSPS) is 11.0. The lowest BCUT2D eigenvalue weighted by Crippen LogP contribution is -2.15. The number of rotatable bonds is 12. The Morgan fingerprint density at radius 1 is 1.16 bits per heavy atom. The third-order valence-electron chi connectivity index (χ3n) is 4.47. The van der Waals surface area contributed by atoms with Gasteiger partial charge in [-0.1, -0.05) is 53.2 Å². The maximum absolute atomic E-state index is 6.54. The Balaban J connectivity index is 1.52. The SMILES string of the molecule is CCOc1cc(CNCCCSc2nnnn2C)cc(Cl)c1OCc1cccc(C)c1. The van der Waals surface area contributed by atoms with Gasteiger partial charge in [0.25, 0.3) is 0 Å².